The number of benzene rings is 3. The van der Waals surface area contributed by atoms with Gasteiger partial charge in [0.1, 0.15) is 11.6 Å². The molecule has 0 spiro atoms. The van der Waals surface area contributed by atoms with Crippen LogP contribution in [-0.2, 0) is 0 Å². The number of anilines is 1. The van der Waals surface area contributed by atoms with Crippen molar-refractivity contribution < 1.29 is 9.53 Å². The predicted molar refractivity (Wildman–Crippen MR) is 115 cm³/mol. The molecule has 0 bridgehead atoms. The van der Waals surface area contributed by atoms with Crippen LogP contribution >= 0.6 is 0 Å². The number of aryl methyl sites for hydroxylation is 1. The summed E-state index contributed by atoms with van der Waals surface area (Å²) in [6.45, 7) is 2.04. The number of carbonyl (C=O) groups excluding carboxylic acids is 1. The van der Waals surface area contributed by atoms with Crippen molar-refractivity contribution in [1.82, 2.24) is 9.78 Å². The third-order valence-electron chi connectivity index (χ3n) is 4.65. The molecule has 0 aliphatic rings. The number of hydrogen-bond acceptors (Lipinski definition) is 3. The van der Waals surface area contributed by atoms with E-state index >= 15 is 0 Å². The van der Waals surface area contributed by atoms with Gasteiger partial charge in [-0.05, 0) is 55.5 Å². The van der Waals surface area contributed by atoms with Gasteiger partial charge < -0.3 is 10.1 Å². The summed E-state index contributed by atoms with van der Waals surface area (Å²) in [5, 5.41) is 7.73. The average Bonchev–Trinajstić information content (AvgIpc) is 3.18. The molecule has 3 aromatic carbocycles. The molecule has 4 aromatic rings. The van der Waals surface area contributed by atoms with Gasteiger partial charge in [-0.3, -0.25) is 4.79 Å². The standard InChI is InChI=1S/C24H21N3O2/c1-17-8-12-20(13-9-17)27-23(25-24(28)19-6-4-3-5-7-19)16-22(26-27)18-10-14-21(29-2)15-11-18/h3-16H,1-2H3,(H,25,28). The Balaban J connectivity index is 1.74. The highest BCUT2D eigenvalue weighted by Crippen LogP contribution is 2.27. The van der Waals surface area contributed by atoms with Crippen LogP contribution in [-0.4, -0.2) is 22.8 Å². The monoisotopic (exact) mass is 383 g/mol. The average molecular weight is 383 g/mol. The highest BCUT2D eigenvalue weighted by molar-refractivity contribution is 6.04. The SMILES string of the molecule is COc1ccc(-c2cc(NC(=O)c3ccccc3)n(-c3ccc(C)cc3)n2)cc1. The zero-order chi connectivity index (χ0) is 20.2. The summed E-state index contributed by atoms with van der Waals surface area (Å²) in [4.78, 5) is 12.7. The Hall–Kier alpha value is -3.86. The van der Waals surface area contributed by atoms with Crippen molar-refractivity contribution in [3.05, 3.63) is 96.1 Å². The second kappa shape index (κ2) is 8.02. The molecule has 1 amide bonds. The molecule has 1 heterocycles. The van der Waals surface area contributed by atoms with Crippen LogP contribution in [0.25, 0.3) is 16.9 Å². The fourth-order valence-electron chi connectivity index (χ4n) is 3.03. The third kappa shape index (κ3) is 4.04. The van der Waals surface area contributed by atoms with Gasteiger partial charge in [-0.2, -0.15) is 5.10 Å². The molecule has 0 fully saturated rings. The van der Waals surface area contributed by atoms with Crippen molar-refractivity contribution >= 4 is 11.7 Å². The maximum atomic E-state index is 12.7. The summed E-state index contributed by atoms with van der Waals surface area (Å²) in [6.07, 6.45) is 0. The fraction of sp³-hybridized carbons (Fsp3) is 0.0833. The van der Waals surface area contributed by atoms with Crippen molar-refractivity contribution in [3.8, 4) is 22.7 Å². The third-order valence-corrected chi connectivity index (χ3v) is 4.65. The van der Waals surface area contributed by atoms with Crippen molar-refractivity contribution in [1.29, 1.82) is 0 Å². The molecule has 0 unspecified atom stereocenters. The molecule has 5 nitrogen and oxygen atoms in total. The molecule has 0 saturated carbocycles. The van der Waals surface area contributed by atoms with E-state index in [9.17, 15) is 4.79 Å². The molecular formula is C24H21N3O2. The van der Waals surface area contributed by atoms with E-state index in [1.165, 1.54) is 0 Å². The first kappa shape index (κ1) is 18.5. The first-order valence-electron chi connectivity index (χ1n) is 9.32. The Kier molecular flexibility index (Phi) is 5.12. The zero-order valence-corrected chi connectivity index (χ0v) is 16.3. The minimum absolute atomic E-state index is 0.180. The van der Waals surface area contributed by atoms with Gasteiger partial charge in [-0.15, -0.1) is 0 Å². The summed E-state index contributed by atoms with van der Waals surface area (Å²) >= 11 is 0. The fourth-order valence-corrected chi connectivity index (χ4v) is 3.03. The van der Waals surface area contributed by atoms with Gasteiger partial charge in [-0.1, -0.05) is 35.9 Å². The molecule has 0 saturated heterocycles. The lowest BCUT2D eigenvalue weighted by Crippen LogP contribution is -2.15. The maximum absolute atomic E-state index is 12.7. The van der Waals surface area contributed by atoms with Crippen LogP contribution in [0.1, 0.15) is 15.9 Å². The first-order chi connectivity index (χ1) is 14.1. The first-order valence-corrected chi connectivity index (χ1v) is 9.32. The molecular weight excluding hydrogens is 362 g/mol. The summed E-state index contributed by atoms with van der Waals surface area (Å²) in [5.74, 6) is 1.21. The summed E-state index contributed by atoms with van der Waals surface area (Å²) < 4.78 is 6.98. The van der Waals surface area contributed by atoms with Crippen molar-refractivity contribution in [2.45, 2.75) is 6.92 Å². The Labute approximate surface area is 169 Å². The largest absolute Gasteiger partial charge is 0.497 e. The highest BCUT2D eigenvalue weighted by Gasteiger charge is 2.15. The van der Waals surface area contributed by atoms with E-state index in [0.29, 0.717) is 11.4 Å². The number of methoxy groups -OCH3 is 1. The second-order valence-corrected chi connectivity index (χ2v) is 6.71. The van der Waals surface area contributed by atoms with Crippen LogP contribution in [0.2, 0.25) is 0 Å². The molecule has 29 heavy (non-hydrogen) atoms. The second-order valence-electron chi connectivity index (χ2n) is 6.71. The summed E-state index contributed by atoms with van der Waals surface area (Å²) in [5.41, 5.74) is 4.32. The number of ether oxygens (including phenoxy) is 1. The van der Waals surface area contributed by atoms with Crippen molar-refractivity contribution in [2.75, 3.05) is 12.4 Å². The molecule has 4 rings (SSSR count). The normalized spacial score (nSPS) is 10.6. The minimum Gasteiger partial charge on any atom is -0.497 e. The lowest BCUT2D eigenvalue weighted by molar-refractivity contribution is 0.102. The van der Waals surface area contributed by atoms with E-state index in [4.69, 9.17) is 9.84 Å². The number of rotatable bonds is 5. The van der Waals surface area contributed by atoms with Crippen LogP contribution < -0.4 is 10.1 Å². The van der Waals surface area contributed by atoms with E-state index in [1.807, 2.05) is 79.7 Å². The molecule has 0 atom stereocenters. The van der Waals surface area contributed by atoms with E-state index in [0.717, 1.165) is 28.3 Å². The Morgan fingerprint density at radius 2 is 1.62 bits per heavy atom. The van der Waals surface area contributed by atoms with Crippen LogP contribution in [0, 0.1) is 6.92 Å². The quantitative estimate of drug-likeness (QED) is 0.521. The summed E-state index contributed by atoms with van der Waals surface area (Å²) in [7, 11) is 1.64. The van der Waals surface area contributed by atoms with E-state index < -0.39 is 0 Å². The number of nitrogens with zero attached hydrogens (tertiary/aromatic N) is 2. The van der Waals surface area contributed by atoms with Gasteiger partial charge in [0.15, 0.2) is 0 Å². The Morgan fingerprint density at radius 3 is 2.28 bits per heavy atom. The number of nitrogens with one attached hydrogen (secondary N) is 1. The van der Waals surface area contributed by atoms with Crippen molar-refractivity contribution in [3.63, 3.8) is 0 Å². The smallest absolute Gasteiger partial charge is 0.256 e. The predicted octanol–water partition coefficient (Wildman–Crippen LogP) is 5.11. The van der Waals surface area contributed by atoms with Gasteiger partial charge in [-0.25, -0.2) is 4.68 Å². The van der Waals surface area contributed by atoms with E-state index in [1.54, 1.807) is 23.9 Å². The summed E-state index contributed by atoms with van der Waals surface area (Å²) in [6, 6.07) is 26.7. The van der Waals surface area contributed by atoms with Crippen LogP contribution in [0.4, 0.5) is 5.82 Å². The molecule has 0 aliphatic carbocycles. The van der Waals surface area contributed by atoms with Gasteiger partial charge in [0.2, 0.25) is 0 Å². The molecule has 0 aliphatic heterocycles. The number of aromatic nitrogens is 2. The molecule has 5 heteroatoms. The molecule has 1 aromatic heterocycles. The zero-order valence-electron chi connectivity index (χ0n) is 16.3. The molecule has 1 N–H and O–H groups in total. The lowest BCUT2D eigenvalue weighted by atomic mass is 10.1. The molecule has 144 valence electrons. The lowest BCUT2D eigenvalue weighted by Gasteiger charge is -2.09. The minimum atomic E-state index is -0.180. The van der Waals surface area contributed by atoms with Gasteiger partial charge >= 0.3 is 0 Å². The van der Waals surface area contributed by atoms with E-state index in [2.05, 4.69) is 5.32 Å². The Morgan fingerprint density at radius 1 is 0.931 bits per heavy atom. The topological polar surface area (TPSA) is 56.1 Å². The van der Waals surface area contributed by atoms with Crippen LogP contribution in [0.3, 0.4) is 0 Å². The highest BCUT2D eigenvalue weighted by atomic mass is 16.5. The number of amides is 1. The number of carbonyl (C=O) groups is 1. The van der Waals surface area contributed by atoms with Gasteiger partial charge in [0.25, 0.3) is 5.91 Å². The maximum Gasteiger partial charge on any atom is 0.256 e. The van der Waals surface area contributed by atoms with Crippen LogP contribution in [0.5, 0.6) is 5.75 Å². The van der Waals surface area contributed by atoms with Crippen LogP contribution in [0.15, 0.2) is 84.9 Å². The van der Waals surface area contributed by atoms with E-state index in [-0.39, 0.29) is 5.91 Å². The van der Waals surface area contributed by atoms with Gasteiger partial charge in [0.05, 0.1) is 18.5 Å². The van der Waals surface area contributed by atoms with Crippen molar-refractivity contribution in [2.24, 2.45) is 0 Å². The van der Waals surface area contributed by atoms with Gasteiger partial charge in [0, 0.05) is 17.2 Å². The Bertz CT molecular complexity index is 1120. The molecule has 0 radical (unpaired) electrons. The number of hydrogen-bond donors (Lipinski definition) is 1.